The highest BCUT2D eigenvalue weighted by Crippen LogP contribution is 2.25. The second-order valence-electron chi connectivity index (χ2n) is 5.23. The molecule has 2 heterocycles. The highest BCUT2D eigenvalue weighted by Gasteiger charge is 2.39. The molecule has 1 aromatic heterocycles. The number of halogens is 1. The summed E-state index contributed by atoms with van der Waals surface area (Å²) in [6, 6.07) is 7.59. The summed E-state index contributed by atoms with van der Waals surface area (Å²) in [5, 5.41) is 2.47. The molecule has 0 aliphatic carbocycles. The molecular weight excluding hydrogens is 301 g/mol. The molecule has 1 aromatic carbocycles. The number of pyridine rings is 1. The fourth-order valence-corrected chi connectivity index (χ4v) is 2.45. The molecule has 0 fully saturated rings. The van der Waals surface area contributed by atoms with Gasteiger partial charge in [0.15, 0.2) is 5.92 Å². The molecule has 1 aliphatic heterocycles. The number of primary amides is 1. The second kappa shape index (κ2) is 5.60. The number of nitrogens with two attached hydrogens (primary N) is 1. The SMILES string of the molecule is NC(=O)C1C(=O)Nc2cc(Cc3ccc(F)cc3)cnc2C1=O. The molecule has 1 aliphatic rings. The van der Waals surface area contributed by atoms with Gasteiger partial charge in [0.2, 0.25) is 17.6 Å². The summed E-state index contributed by atoms with van der Waals surface area (Å²) in [5.74, 6) is -4.33. The van der Waals surface area contributed by atoms with Crippen LogP contribution in [-0.4, -0.2) is 22.6 Å². The van der Waals surface area contributed by atoms with Gasteiger partial charge in [0, 0.05) is 6.20 Å². The minimum atomic E-state index is -1.54. The maximum absolute atomic E-state index is 12.9. The van der Waals surface area contributed by atoms with Gasteiger partial charge in [0.25, 0.3) is 0 Å². The van der Waals surface area contributed by atoms with Gasteiger partial charge in [0.1, 0.15) is 11.5 Å². The van der Waals surface area contributed by atoms with Gasteiger partial charge >= 0.3 is 0 Å². The van der Waals surface area contributed by atoms with Gasteiger partial charge in [0.05, 0.1) is 5.69 Å². The molecule has 0 saturated carbocycles. The first-order valence-corrected chi connectivity index (χ1v) is 6.83. The number of carbonyl (C=O) groups is 3. The minimum absolute atomic E-state index is 0.0104. The lowest BCUT2D eigenvalue weighted by molar-refractivity contribution is -0.128. The van der Waals surface area contributed by atoms with Crippen LogP contribution in [-0.2, 0) is 16.0 Å². The van der Waals surface area contributed by atoms with E-state index in [9.17, 15) is 18.8 Å². The van der Waals surface area contributed by atoms with E-state index in [0.717, 1.165) is 11.1 Å². The van der Waals surface area contributed by atoms with Gasteiger partial charge in [-0.3, -0.25) is 19.4 Å². The van der Waals surface area contributed by atoms with Gasteiger partial charge in [-0.2, -0.15) is 0 Å². The molecule has 0 saturated heterocycles. The molecule has 0 spiro atoms. The van der Waals surface area contributed by atoms with Gasteiger partial charge in [-0.05, 0) is 35.7 Å². The maximum Gasteiger partial charge on any atom is 0.245 e. The standard InChI is InChI=1S/C16H12FN3O3/c17-10-3-1-8(2-4-10)5-9-6-11-13(19-7-9)14(21)12(15(18)22)16(23)20-11/h1-4,6-7,12H,5H2,(H2,18,22)(H,20,23). The summed E-state index contributed by atoms with van der Waals surface area (Å²) in [5.41, 5.74) is 6.92. The molecule has 7 heteroatoms. The summed E-state index contributed by atoms with van der Waals surface area (Å²) >= 11 is 0. The topological polar surface area (TPSA) is 102 Å². The first-order chi connectivity index (χ1) is 11.0. The highest BCUT2D eigenvalue weighted by atomic mass is 19.1. The van der Waals surface area contributed by atoms with E-state index in [0.29, 0.717) is 6.42 Å². The number of fused-ring (bicyclic) bond motifs is 1. The maximum atomic E-state index is 12.9. The number of nitrogens with one attached hydrogen (secondary N) is 1. The van der Waals surface area contributed by atoms with Crippen LogP contribution in [0.25, 0.3) is 0 Å². The summed E-state index contributed by atoms with van der Waals surface area (Å²) in [6.45, 7) is 0. The summed E-state index contributed by atoms with van der Waals surface area (Å²) in [6.07, 6.45) is 1.94. The predicted octanol–water partition coefficient (Wildman–Crippen LogP) is 1.05. The first-order valence-electron chi connectivity index (χ1n) is 6.83. The number of rotatable bonds is 3. The number of ketones is 1. The van der Waals surface area contributed by atoms with Crippen molar-refractivity contribution in [1.29, 1.82) is 0 Å². The van der Waals surface area contributed by atoms with Crippen molar-refractivity contribution in [2.45, 2.75) is 6.42 Å². The van der Waals surface area contributed by atoms with E-state index in [2.05, 4.69) is 10.3 Å². The van der Waals surface area contributed by atoms with E-state index in [1.54, 1.807) is 18.2 Å². The second-order valence-corrected chi connectivity index (χ2v) is 5.23. The van der Waals surface area contributed by atoms with Crippen LogP contribution in [0.15, 0.2) is 36.5 Å². The Morgan fingerprint density at radius 1 is 1.22 bits per heavy atom. The fourth-order valence-electron chi connectivity index (χ4n) is 2.45. The number of anilines is 1. The lowest BCUT2D eigenvalue weighted by Crippen LogP contribution is -2.44. The third-order valence-electron chi connectivity index (χ3n) is 3.57. The third-order valence-corrected chi connectivity index (χ3v) is 3.57. The third kappa shape index (κ3) is 2.80. The lowest BCUT2D eigenvalue weighted by Gasteiger charge is -2.21. The molecule has 1 atom stereocenters. The van der Waals surface area contributed by atoms with E-state index >= 15 is 0 Å². The molecular formula is C16H12FN3O3. The van der Waals surface area contributed by atoms with Crippen LogP contribution in [0, 0.1) is 11.7 Å². The monoisotopic (exact) mass is 313 g/mol. The van der Waals surface area contributed by atoms with Gasteiger partial charge in [-0.1, -0.05) is 12.1 Å². The molecule has 0 radical (unpaired) electrons. The van der Waals surface area contributed by atoms with Crippen LogP contribution in [0.5, 0.6) is 0 Å². The summed E-state index contributed by atoms with van der Waals surface area (Å²) in [4.78, 5) is 39.2. The Labute approximate surface area is 130 Å². The van der Waals surface area contributed by atoms with Crippen LogP contribution >= 0.6 is 0 Å². The van der Waals surface area contributed by atoms with E-state index in [-0.39, 0.29) is 17.2 Å². The first kappa shape index (κ1) is 14.8. The van der Waals surface area contributed by atoms with Crippen LogP contribution in [0.1, 0.15) is 21.6 Å². The number of benzene rings is 1. The Hall–Kier alpha value is -3.09. The van der Waals surface area contributed by atoms with E-state index in [1.165, 1.54) is 18.3 Å². The molecule has 116 valence electrons. The summed E-state index contributed by atoms with van der Waals surface area (Å²) < 4.78 is 12.9. The van der Waals surface area contributed by atoms with Crippen molar-refractivity contribution in [3.05, 3.63) is 59.2 Å². The molecule has 3 N–H and O–H groups in total. The number of aromatic nitrogens is 1. The Kier molecular flexibility index (Phi) is 3.61. The Balaban J connectivity index is 1.90. The summed E-state index contributed by atoms with van der Waals surface area (Å²) in [7, 11) is 0. The van der Waals surface area contributed by atoms with Crippen molar-refractivity contribution in [2.24, 2.45) is 11.7 Å². The molecule has 0 bridgehead atoms. The number of Topliss-reactive ketones (excluding diaryl/α,β-unsaturated/α-hetero) is 1. The number of carbonyl (C=O) groups excluding carboxylic acids is 3. The van der Waals surface area contributed by atoms with Gasteiger partial charge < -0.3 is 11.1 Å². The Bertz CT molecular complexity index is 818. The minimum Gasteiger partial charge on any atom is -0.369 e. The number of hydrogen-bond acceptors (Lipinski definition) is 4. The van der Waals surface area contributed by atoms with Crippen LogP contribution in [0.4, 0.5) is 10.1 Å². The van der Waals surface area contributed by atoms with Crippen molar-refractivity contribution in [3.63, 3.8) is 0 Å². The average molecular weight is 313 g/mol. The number of amides is 2. The van der Waals surface area contributed by atoms with E-state index < -0.39 is 23.5 Å². The molecule has 6 nitrogen and oxygen atoms in total. The smallest absolute Gasteiger partial charge is 0.245 e. The molecule has 3 rings (SSSR count). The van der Waals surface area contributed by atoms with Gasteiger partial charge in [-0.25, -0.2) is 4.39 Å². The zero-order valence-electron chi connectivity index (χ0n) is 11.9. The van der Waals surface area contributed by atoms with Crippen molar-refractivity contribution >= 4 is 23.3 Å². The van der Waals surface area contributed by atoms with Crippen molar-refractivity contribution in [1.82, 2.24) is 4.98 Å². The molecule has 1 unspecified atom stereocenters. The number of nitrogens with zero attached hydrogens (tertiary/aromatic N) is 1. The van der Waals surface area contributed by atoms with Crippen molar-refractivity contribution in [2.75, 3.05) is 5.32 Å². The van der Waals surface area contributed by atoms with Crippen molar-refractivity contribution < 1.29 is 18.8 Å². The Morgan fingerprint density at radius 3 is 2.57 bits per heavy atom. The zero-order valence-corrected chi connectivity index (χ0v) is 11.9. The quantitative estimate of drug-likeness (QED) is 0.827. The number of hydrogen-bond donors (Lipinski definition) is 2. The van der Waals surface area contributed by atoms with Crippen LogP contribution in [0.3, 0.4) is 0 Å². The van der Waals surface area contributed by atoms with Gasteiger partial charge in [-0.15, -0.1) is 0 Å². The van der Waals surface area contributed by atoms with Crippen molar-refractivity contribution in [3.8, 4) is 0 Å². The average Bonchev–Trinajstić information content (AvgIpc) is 2.49. The molecule has 2 aromatic rings. The highest BCUT2D eigenvalue weighted by molar-refractivity contribution is 6.29. The largest absolute Gasteiger partial charge is 0.369 e. The predicted molar refractivity (Wildman–Crippen MR) is 79.1 cm³/mol. The zero-order chi connectivity index (χ0) is 16.6. The van der Waals surface area contributed by atoms with Crippen LogP contribution in [0.2, 0.25) is 0 Å². The lowest BCUT2D eigenvalue weighted by atomic mass is 9.93. The van der Waals surface area contributed by atoms with Crippen LogP contribution < -0.4 is 11.1 Å². The molecule has 2 amide bonds. The van der Waals surface area contributed by atoms with E-state index in [4.69, 9.17) is 5.73 Å². The molecule has 23 heavy (non-hydrogen) atoms. The fraction of sp³-hybridized carbons (Fsp3) is 0.125. The Morgan fingerprint density at radius 2 is 1.91 bits per heavy atom. The normalized spacial score (nSPS) is 16.7. The van der Waals surface area contributed by atoms with E-state index in [1.807, 2.05) is 0 Å².